The van der Waals surface area contributed by atoms with Gasteiger partial charge in [-0.2, -0.15) is 0 Å². The standard InChI is InChI=1S/C13H18N2O3/c1-8-4-5-9(2)10(6-8)7-15-12(16)11(14-3)13(17)18/h4-6,11,14H,7H2,1-3H3,(H,15,16)(H,17,18). The highest BCUT2D eigenvalue weighted by Gasteiger charge is 2.23. The van der Waals surface area contributed by atoms with Crippen LogP contribution in [0.25, 0.3) is 0 Å². The van der Waals surface area contributed by atoms with Gasteiger partial charge in [-0.15, -0.1) is 0 Å². The van der Waals surface area contributed by atoms with Crippen LogP contribution in [0.5, 0.6) is 0 Å². The number of aryl methyl sites for hydroxylation is 2. The smallest absolute Gasteiger partial charge is 0.330 e. The molecule has 1 aromatic carbocycles. The monoisotopic (exact) mass is 250 g/mol. The van der Waals surface area contributed by atoms with Crippen molar-refractivity contribution in [3.63, 3.8) is 0 Å². The summed E-state index contributed by atoms with van der Waals surface area (Å²) in [7, 11) is 1.44. The fraction of sp³-hybridized carbons (Fsp3) is 0.385. The first-order valence-corrected chi connectivity index (χ1v) is 5.69. The lowest BCUT2D eigenvalue weighted by Crippen LogP contribution is -2.47. The lowest BCUT2D eigenvalue weighted by Gasteiger charge is -2.13. The first kappa shape index (κ1) is 14.2. The number of carboxylic acids is 1. The number of aliphatic carboxylic acids is 1. The van der Waals surface area contributed by atoms with Crippen molar-refractivity contribution in [2.45, 2.75) is 26.4 Å². The Balaban J connectivity index is 2.67. The molecule has 1 atom stereocenters. The van der Waals surface area contributed by atoms with E-state index in [2.05, 4.69) is 10.6 Å². The van der Waals surface area contributed by atoms with Gasteiger partial charge in [0.05, 0.1) is 0 Å². The Bertz CT molecular complexity index is 458. The quantitative estimate of drug-likeness (QED) is 0.668. The normalized spacial score (nSPS) is 11.9. The van der Waals surface area contributed by atoms with Crippen LogP contribution in [0, 0.1) is 13.8 Å². The third kappa shape index (κ3) is 3.56. The zero-order chi connectivity index (χ0) is 13.7. The first-order valence-electron chi connectivity index (χ1n) is 5.69. The molecule has 0 fully saturated rings. The fourth-order valence-electron chi connectivity index (χ4n) is 1.64. The van der Waals surface area contributed by atoms with Crippen molar-refractivity contribution in [2.75, 3.05) is 7.05 Å². The largest absolute Gasteiger partial charge is 0.480 e. The third-order valence-corrected chi connectivity index (χ3v) is 2.76. The van der Waals surface area contributed by atoms with Gasteiger partial charge in [0.1, 0.15) is 0 Å². The van der Waals surface area contributed by atoms with Crippen molar-refractivity contribution in [2.24, 2.45) is 0 Å². The molecule has 1 rings (SSSR count). The Morgan fingerprint density at radius 2 is 2.00 bits per heavy atom. The summed E-state index contributed by atoms with van der Waals surface area (Å²) < 4.78 is 0. The lowest BCUT2D eigenvalue weighted by atomic mass is 10.1. The molecule has 5 heteroatoms. The minimum absolute atomic E-state index is 0.331. The van der Waals surface area contributed by atoms with E-state index in [0.29, 0.717) is 6.54 Å². The Hall–Kier alpha value is -1.88. The topological polar surface area (TPSA) is 78.4 Å². The van der Waals surface area contributed by atoms with Crippen molar-refractivity contribution in [1.82, 2.24) is 10.6 Å². The molecule has 0 saturated heterocycles. The molecule has 98 valence electrons. The molecule has 0 spiro atoms. The van der Waals surface area contributed by atoms with E-state index in [1.165, 1.54) is 7.05 Å². The van der Waals surface area contributed by atoms with Crippen LogP contribution in [-0.2, 0) is 16.1 Å². The van der Waals surface area contributed by atoms with Crippen molar-refractivity contribution in [3.8, 4) is 0 Å². The maximum Gasteiger partial charge on any atom is 0.330 e. The highest BCUT2D eigenvalue weighted by atomic mass is 16.4. The van der Waals surface area contributed by atoms with Gasteiger partial charge in [-0.05, 0) is 32.0 Å². The van der Waals surface area contributed by atoms with Gasteiger partial charge in [-0.25, -0.2) is 4.79 Å². The van der Waals surface area contributed by atoms with Gasteiger partial charge in [0.15, 0.2) is 6.04 Å². The van der Waals surface area contributed by atoms with E-state index < -0.39 is 17.9 Å². The third-order valence-electron chi connectivity index (χ3n) is 2.76. The number of benzene rings is 1. The van der Waals surface area contributed by atoms with E-state index in [0.717, 1.165) is 16.7 Å². The number of amides is 1. The molecule has 0 aliphatic heterocycles. The molecule has 0 aliphatic rings. The summed E-state index contributed by atoms with van der Waals surface area (Å²) in [4.78, 5) is 22.4. The molecule has 18 heavy (non-hydrogen) atoms. The number of hydrogen-bond acceptors (Lipinski definition) is 3. The van der Waals surface area contributed by atoms with Crippen LogP contribution in [0.15, 0.2) is 18.2 Å². The summed E-state index contributed by atoms with van der Waals surface area (Å²) in [6.45, 7) is 4.25. The molecule has 3 N–H and O–H groups in total. The van der Waals surface area contributed by atoms with Gasteiger partial charge >= 0.3 is 5.97 Å². The van der Waals surface area contributed by atoms with Gasteiger partial charge in [-0.1, -0.05) is 23.8 Å². The summed E-state index contributed by atoms with van der Waals surface area (Å²) in [5, 5.41) is 13.9. The van der Waals surface area contributed by atoms with Gasteiger partial charge < -0.3 is 10.4 Å². The van der Waals surface area contributed by atoms with Crippen LogP contribution in [0.1, 0.15) is 16.7 Å². The van der Waals surface area contributed by atoms with Gasteiger partial charge in [0, 0.05) is 6.54 Å². The average molecular weight is 250 g/mol. The summed E-state index contributed by atoms with van der Waals surface area (Å²) in [6.07, 6.45) is 0. The number of likely N-dealkylation sites (N-methyl/N-ethyl adjacent to an activating group) is 1. The molecule has 0 heterocycles. The van der Waals surface area contributed by atoms with E-state index in [1.54, 1.807) is 0 Å². The highest BCUT2D eigenvalue weighted by molar-refractivity contribution is 6.01. The molecular formula is C13H18N2O3. The molecule has 0 bridgehead atoms. The highest BCUT2D eigenvalue weighted by Crippen LogP contribution is 2.10. The zero-order valence-electron chi connectivity index (χ0n) is 10.8. The average Bonchev–Trinajstić information content (AvgIpc) is 2.30. The van der Waals surface area contributed by atoms with Gasteiger partial charge in [0.25, 0.3) is 0 Å². The van der Waals surface area contributed by atoms with Crippen molar-refractivity contribution in [3.05, 3.63) is 34.9 Å². The summed E-state index contributed by atoms with van der Waals surface area (Å²) >= 11 is 0. The van der Waals surface area contributed by atoms with Crippen molar-refractivity contribution in [1.29, 1.82) is 0 Å². The number of hydrogen-bond donors (Lipinski definition) is 3. The first-order chi connectivity index (χ1) is 8.45. The van der Waals surface area contributed by atoms with E-state index in [-0.39, 0.29) is 0 Å². The minimum Gasteiger partial charge on any atom is -0.480 e. The number of rotatable bonds is 5. The Morgan fingerprint density at radius 1 is 1.33 bits per heavy atom. The molecule has 0 aromatic heterocycles. The summed E-state index contributed by atoms with van der Waals surface area (Å²) in [6, 6.07) is 4.73. The Labute approximate surface area is 106 Å². The van der Waals surface area contributed by atoms with Crippen LogP contribution in [0.4, 0.5) is 0 Å². The second-order valence-electron chi connectivity index (χ2n) is 4.21. The van der Waals surface area contributed by atoms with Crippen molar-refractivity contribution >= 4 is 11.9 Å². The summed E-state index contributed by atoms with van der Waals surface area (Å²) in [5.41, 5.74) is 3.16. The predicted molar refractivity (Wildman–Crippen MR) is 68.2 cm³/mol. The van der Waals surface area contributed by atoms with Crippen LogP contribution >= 0.6 is 0 Å². The molecular weight excluding hydrogens is 232 g/mol. The molecule has 1 aromatic rings. The van der Waals surface area contributed by atoms with E-state index >= 15 is 0 Å². The van der Waals surface area contributed by atoms with Crippen LogP contribution in [-0.4, -0.2) is 30.1 Å². The number of carboxylic acid groups (broad SMARTS) is 1. The number of nitrogens with one attached hydrogen (secondary N) is 2. The molecule has 0 saturated carbocycles. The maximum atomic E-state index is 11.6. The second-order valence-corrected chi connectivity index (χ2v) is 4.21. The summed E-state index contributed by atoms with van der Waals surface area (Å²) in [5.74, 6) is -1.72. The lowest BCUT2D eigenvalue weighted by molar-refractivity contribution is -0.143. The number of carbonyl (C=O) groups is 2. The van der Waals surface area contributed by atoms with E-state index in [9.17, 15) is 9.59 Å². The molecule has 1 amide bonds. The van der Waals surface area contributed by atoms with Gasteiger partial charge in [0.2, 0.25) is 5.91 Å². The Kier molecular flexibility index (Phi) is 4.85. The molecule has 0 radical (unpaired) electrons. The fourth-order valence-corrected chi connectivity index (χ4v) is 1.64. The van der Waals surface area contributed by atoms with Crippen LogP contribution < -0.4 is 10.6 Å². The van der Waals surface area contributed by atoms with Gasteiger partial charge in [-0.3, -0.25) is 10.1 Å². The zero-order valence-corrected chi connectivity index (χ0v) is 10.8. The predicted octanol–water partition coefficient (Wildman–Crippen LogP) is 0.592. The number of carbonyl (C=O) groups excluding carboxylic acids is 1. The maximum absolute atomic E-state index is 11.6. The van der Waals surface area contributed by atoms with Crippen LogP contribution in [0.2, 0.25) is 0 Å². The van der Waals surface area contributed by atoms with Crippen LogP contribution in [0.3, 0.4) is 0 Å². The minimum atomic E-state index is -1.21. The molecule has 1 unspecified atom stereocenters. The Morgan fingerprint density at radius 3 is 2.56 bits per heavy atom. The van der Waals surface area contributed by atoms with E-state index in [4.69, 9.17) is 5.11 Å². The second kappa shape index (κ2) is 6.16. The molecule has 5 nitrogen and oxygen atoms in total. The van der Waals surface area contributed by atoms with E-state index in [1.807, 2.05) is 32.0 Å². The van der Waals surface area contributed by atoms with Crippen molar-refractivity contribution < 1.29 is 14.7 Å². The SMILES string of the molecule is CNC(C(=O)O)C(=O)NCc1cc(C)ccc1C. The molecule has 0 aliphatic carbocycles.